The number of hydrogen-bond acceptors (Lipinski definition) is 3. The molecule has 5 heteroatoms. The SMILES string of the molecule is Cc1ccccc1C1(CNC(=O)CCCCCCN)CCOCC1.Cl. The fourth-order valence-electron chi connectivity index (χ4n) is 3.61. The third kappa shape index (κ3) is 6.61. The van der Waals surface area contributed by atoms with Gasteiger partial charge >= 0.3 is 0 Å². The van der Waals surface area contributed by atoms with Crippen LogP contribution in [-0.4, -0.2) is 32.2 Å². The van der Waals surface area contributed by atoms with Gasteiger partial charge in [-0.05, 0) is 50.3 Å². The Morgan fingerprint density at radius 3 is 2.52 bits per heavy atom. The molecule has 0 saturated carbocycles. The van der Waals surface area contributed by atoms with Gasteiger partial charge in [-0.15, -0.1) is 12.4 Å². The fraction of sp³-hybridized carbons (Fsp3) is 0.650. The van der Waals surface area contributed by atoms with Gasteiger partial charge < -0.3 is 15.8 Å². The number of hydrogen-bond donors (Lipinski definition) is 2. The molecule has 2 rings (SSSR count). The summed E-state index contributed by atoms with van der Waals surface area (Å²) in [5.74, 6) is 0.169. The zero-order valence-electron chi connectivity index (χ0n) is 15.4. The lowest BCUT2D eigenvalue weighted by Crippen LogP contribution is -2.45. The van der Waals surface area contributed by atoms with Crippen LogP contribution in [0.1, 0.15) is 56.1 Å². The monoisotopic (exact) mass is 368 g/mol. The number of benzene rings is 1. The first kappa shape index (κ1) is 21.9. The summed E-state index contributed by atoms with van der Waals surface area (Å²) >= 11 is 0. The van der Waals surface area contributed by atoms with E-state index in [1.54, 1.807) is 0 Å². The van der Waals surface area contributed by atoms with Gasteiger partial charge in [0, 0.05) is 31.6 Å². The lowest BCUT2D eigenvalue weighted by atomic mass is 9.72. The van der Waals surface area contributed by atoms with Crippen molar-refractivity contribution < 1.29 is 9.53 Å². The highest BCUT2D eigenvalue weighted by atomic mass is 35.5. The molecule has 1 aliphatic heterocycles. The van der Waals surface area contributed by atoms with Crippen LogP contribution >= 0.6 is 12.4 Å². The van der Waals surface area contributed by atoms with Crippen molar-refractivity contribution in [2.75, 3.05) is 26.3 Å². The average molecular weight is 369 g/mol. The molecule has 4 nitrogen and oxygen atoms in total. The third-order valence-electron chi connectivity index (χ3n) is 5.15. The van der Waals surface area contributed by atoms with Crippen molar-refractivity contribution in [2.24, 2.45) is 5.73 Å². The van der Waals surface area contributed by atoms with Gasteiger partial charge in [0.2, 0.25) is 5.91 Å². The number of amides is 1. The van der Waals surface area contributed by atoms with E-state index in [-0.39, 0.29) is 23.7 Å². The lowest BCUT2D eigenvalue weighted by molar-refractivity contribution is -0.121. The van der Waals surface area contributed by atoms with Crippen LogP contribution in [0.4, 0.5) is 0 Å². The van der Waals surface area contributed by atoms with Crippen molar-refractivity contribution in [3.8, 4) is 0 Å². The smallest absolute Gasteiger partial charge is 0.220 e. The van der Waals surface area contributed by atoms with E-state index in [0.717, 1.165) is 58.3 Å². The molecule has 142 valence electrons. The zero-order valence-corrected chi connectivity index (χ0v) is 16.2. The molecule has 0 radical (unpaired) electrons. The van der Waals surface area contributed by atoms with E-state index in [1.165, 1.54) is 11.1 Å². The number of unbranched alkanes of at least 4 members (excludes halogenated alkanes) is 3. The van der Waals surface area contributed by atoms with Crippen molar-refractivity contribution >= 4 is 18.3 Å². The Hall–Kier alpha value is -1.10. The van der Waals surface area contributed by atoms with E-state index in [4.69, 9.17) is 10.5 Å². The van der Waals surface area contributed by atoms with Gasteiger partial charge in [-0.1, -0.05) is 37.1 Å². The molecule has 0 unspecified atom stereocenters. The molecule has 1 saturated heterocycles. The van der Waals surface area contributed by atoms with Crippen LogP contribution in [0.25, 0.3) is 0 Å². The van der Waals surface area contributed by atoms with E-state index >= 15 is 0 Å². The number of halogens is 1. The van der Waals surface area contributed by atoms with E-state index in [1.807, 2.05) is 0 Å². The quantitative estimate of drug-likeness (QED) is 0.656. The summed E-state index contributed by atoms with van der Waals surface area (Å²) in [6, 6.07) is 8.54. The average Bonchev–Trinajstić information content (AvgIpc) is 2.61. The fourth-order valence-corrected chi connectivity index (χ4v) is 3.61. The molecular weight excluding hydrogens is 336 g/mol. The maximum atomic E-state index is 12.2. The highest BCUT2D eigenvalue weighted by Crippen LogP contribution is 2.36. The normalized spacial score (nSPS) is 16.1. The van der Waals surface area contributed by atoms with Gasteiger partial charge in [-0.3, -0.25) is 4.79 Å². The van der Waals surface area contributed by atoms with Crippen LogP contribution in [-0.2, 0) is 14.9 Å². The molecular formula is C20H33ClN2O2. The Morgan fingerprint density at radius 2 is 1.84 bits per heavy atom. The van der Waals surface area contributed by atoms with Crippen molar-refractivity contribution in [3.05, 3.63) is 35.4 Å². The van der Waals surface area contributed by atoms with Crippen molar-refractivity contribution in [1.29, 1.82) is 0 Å². The Morgan fingerprint density at radius 1 is 1.16 bits per heavy atom. The molecule has 1 amide bonds. The number of aryl methyl sites for hydroxylation is 1. The molecule has 1 aliphatic rings. The molecule has 1 aromatic rings. The highest BCUT2D eigenvalue weighted by molar-refractivity contribution is 5.85. The number of nitrogens with two attached hydrogens (primary N) is 1. The summed E-state index contributed by atoms with van der Waals surface area (Å²) in [5.41, 5.74) is 8.17. The van der Waals surface area contributed by atoms with Crippen LogP contribution < -0.4 is 11.1 Å². The first-order valence-corrected chi connectivity index (χ1v) is 9.28. The molecule has 1 heterocycles. The second kappa shape index (κ2) is 11.5. The topological polar surface area (TPSA) is 64.4 Å². The number of carbonyl (C=O) groups is 1. The first-order valence-electron chi connectivity index (χ1n) is 9.28. The molecule has 1 fully saturated rings. The summed E-state index contributed by atoms with van der Waals surface area (Å²) in [5, 5.41) is 3.19. The second-order valence-corrected chi connectivity index (χ2v) is 6.94. The molecule has 0 bridgehead atoms. The van der Waals surface area contributed by atoms with E-state index < -0.39 is 0 Å². The number of carbonyl (C=O) groups excluding carboxylic acids is 1. The van der Waals surface area contributed by atoms with Crippen LogP contribution in [0.15, 0.2) is 24.3 Å². The number of nitrogens with one attached hydrogen (secondary N) is 1. The summed E-state index contributed by atoms with van der Waals surface area (Å²) in [6.07, 6.45) is 6.76. The Bertz CT molecular complexity index is 516. The summed E-state index contributed by atoms with van der Waals surface area (Å²) < 4.78 is 5.57. The van der Waals surface area contributed by atoms with Gasteiger partial charge in [-0.2, -0.15) is 0 Å². The number of ether oxygens (including phenoxy) is 1. The summed E-state index contributed by atoms with van der Waals surface area (Å²) in [6.45, 7) is 5.15. The molecule has 1 aromatic carbocycles. The Labute approximate surface area is 158 Å². The van der Waals surface area contributed by atoms with Crippen molar-refractivity contribution in [2.45, 2.75) is 57.3 Å². The number of rotatable bonds is 9. The van der Waals surface area contributed by atoms with Gasteiger partial charge in [0.25, 0.3) is 0 Å². The Kier molecular flexibility index (Phi) is 10.1. The maximum Gasteiger partial charge on any atom is 0.220 e. The molecule has 0 aromatic heterocycles. The van der Waals surface area contributed by atoms with Crippen LogP contribution in [0.5, 0.6) is 0 Å². The second-order valence-electron chi connectivity index (χ2n) is 6.94. The zero-order chi connectivity index (χ0) is 17.3. The van der Waals surface area contributed by atoms with E-state index in [9.17, 15) is 4.79 Å². The lowest BCUT2D eigenvalue weighted by Gasteiger charge is -2.39. The standard InChI is InChI=1S/C20H32N2O2.ClH/c1-17-8-5-6-9-18(17)20(11-14-24-15-12-20)16-22-19(23)10-4-2-3-7-13-21;/h5-6,8-9H,2-4,7,10-16,21H2,1H3,(H,22,23);1H. The summed E-state index contributed by atoms with van der Waals surface area (Å²) in [4.78, 5) is 12.2. The predicted molar refractivity (Wildman–Crippen MR) is 105 cm³/mol. The van der Waals surface area contributed by atoms with Gasteiger partial charge in [0.05, 0.1) is 0 Å². The Balaban J connectivity index is 0.00000312. The molecule has 3 N–H and O–H groups in total. The summed E-state index contributed by atoms with van der Waals surface area (Å²) in [7, 11) is 0. The van der Waals surface area contributed by atoms with Gasteiger partial charge in [0.15, 0.2) is 0 Å². The van der Waals surface area contributed by atoms with E-state index in [2.05, 4.69) is 36.5 Å². The van der Waals surface area contributed by atoms with Gasteiger partial charge in [0.1, 0.15) is 0 Å². The van der Waals surface area contributed by atoms with Crippen LogP contribution in [0, 0.1) is 6.92 Å². The van der Waals surface area contributed by atoms with Crippen LogP contribution in [0.2, 0.25) is 0 Å². The third-order valence-corrected chi connectivity index (χ3v) is 5.15. The minimum atomic E-state index is 0. The predicted octanol–water partition coefficient (Wildman–Crippen LogP) is 3.49. The highest BCUT2D eigenvalue weighted by Gasteiger charge is 2.35. The van der Waals surface area contributed by atoms with Crippen molar-refractivity contribution in [3.63, 3.8) is 0 Å². The van der Waals surface area contributed by atoms with E-state index in [0.29, 0.717) is 13.0 Å². The molecule has 0 atom stereocenters. The van der Waals surface area contributed by atoms with Gasteiger partial charge in [-0.25, -0.2) is 0 Å². The largest absolute Gasteiger partial charge is 0.381 e. The van der Waals surface area contributed by atoms with Crippen molar-refractivity contribution in [1.82, 2.24) is 5.32 Å². The molecule has 0 aliphatic carbocycles. The molecule has 25 heavy (non-hydrogen) atoms. The maximum absolute atomic E-state index is 12.2. The molecule has 0 spiro atoms. The minimum Gasteiger partial charge on any atom is -0.381 e. The first-order chi connectivity index (χ1) is 11.7. The van der Waals surface area contributed by atoms with Crippen LogP contribution in [0.3, 0.4) is 0 Å². The minimum absolute atomic E-state index is 0.